The molecule has 0 unspecified atom stereocenters. The van der Waals surface area contributed by atoms with Crippen molar-refractivity contribution in [3.05, 3.63) is 83.6 Å². The van der Waals surface area contributed by atoms with Crippen molar-refractivity contribution in [3.63, 3.8) is 0 Å². The van der Waals surface area contributed by atoms with Crippen LogP contribution in [0.2, 0.25) is 5.02 Å². The van der Waals surface area contributed by atoms with Crippen LogP contribution in [-0.4, -0.2) is 15.9 Å². The van der Waals surface area contributed by atoms with Gasteiger partial charge in [0.15, 0.2) is 5.82 Å². The lowest BCUT2D eigenvalue weighted by molar-refractivity contribution is 0.0962. The van der Waals surface area contributed by atoms with Crippen LogP contribution >= 0.6 is 11.6 Å². The maximum atomic E-state index is 12.2. The van der Waals surface area contributed by atoms with Gasteiger partial charge in [-0.15, -0.1) is 0 Å². The number of benzene rings is 3. The number of nitrogens with one attached hydrogen (secondary N) is 2. The fourth-order valence-electron chi connectivity index (χ4n) is 2.74. The summed E-state index contributed by atoms with van der Waals surface area (Å²) < 4.78 is 5.92. The standard InChI is InChI=1S/C21H16ClN5O2/c22-15-10-8-14(9-11-15)20(28)27-26-19-18(23)21(25-12-24-19)29-17-7-3-5-13-4-1-2-6-16(13)17/h1-12H,23H2,(H,27,28)(H,24,25,26). The summed E-state index contributed by atoms with van der Waals surface area (Å²) in [6.07, 6.45) is 1.30. The average molecular weight is 406 g/mol. The fraction of sp³-hybridized carbons (Fsp3) is 0. The summed E-state index contributed by atoms with van der Waals surface area (Å²) >= 11 is 5.84. The Labute approximate surface area is 171 Å². The number of rotatable bonds is 5. The first-order valence-electron chi connectivity index (χ1n) is 8.70. The lowest BCUT2D eigenvalue weighted by Gasteiger charge is -2.13. The Kier molecular flexibility index (Phi) is 5.13. The molecular formula is C21H16ClN5O2. The number of carbonyl (C=O) groups is 1. The fourth-order valence-corrected chi connectivity index (χ4v) is 2.86. The molecule has 8 heteroatoms. The van der Waals surface area contributed by atoms with E-state index < -0.39 is 0 Å². The Morgan fingerprint density at radius 3 is 2.55 bits per heavy atom. The number of hydrazine groups is 1. The summed E-state index contributed by atoms with van der Waals surface area (Å²) in [7, 11) is 0. The van der Waals surface area contributed by atoms with Gasteiger partial charge in [-0.25, -0.2) is 4.98 Å². The molecule has 0 spiro atoms. The van der Waals surface area contributed by atoms with E-state index in [9.17, 15) is 4.79 Å². The molecule has 0 aliphatic rings. The first-order chi connectivity index (χ1) is 14.1. The lowest BCUT2D eigenvalue weighted by atomic mass is 10.1. The first kappa shape index (κ1) is 18.5. The quantitative estimate of drug-likeness (QED) is 0.425. The number of aromatic nitrogens is 2. The molecule has 0 saturated carbocycles. The Hall–Kier alpha value is -3.84. The van der Waals surface area contributed by atoms with Crippen molar-refractivity contribution in [2.75, 3.05) is 11.2 Å². The van der Waals surface area contributed by atoms with E-state index in [-0.39, 0.29) is 23.3 Å². The minimum absolute atomic E-state index is 0.164. The van der Waals surface area contributed by atoms with Crippen LogP contribution in [0.4, 0.5) is 11.5 Å². The summed E-state index contributed by atoms with van der Waals surface area (Å²) in [6.45, 7) is 0. The molecule has 3 aromatic carbocycles. The molecular weight excluding hydrogens is 390 g/mol. The van der Waals surface area contributed by atoms with Crippen molar-refractivity contribution in [2.24, 2.45) is 0 Å². The molecule has 144 valence electrons. The van der Waals surface area contributed by atoms with Gasteiger partial charge in [-0.1, -0.05) is 48.0 Å². The van der Waals surface area contributed by atoms with Crippen LogP contribution in [0.3, 0.4) is 0 Å². The number of nitrogens with zero attached hydrogens (tertiary/aromatic N) is 2. The predicted octanol–water partition coefficient (Wildman–Crippen LogP) is 4.41. The number of hydrogen-bond acceptors (Lipinski definition) is 6. The molecule has 0 fully saturated rings. The second kappa shape index (κ2) is 8.04. The minimum atomic E-state index is -0.365. The SMILES string of the molecule is Nc1c(NNC(=O)c2ccc(Cl)cc2)ncnc1Oc1cccc2ccccc12. The van der Waals surface area contributed by atoms with E-state index in [2.05, 4.69) is 20.8 Å². The van der Waals surface area contributed by atoms with Gasteiger partial charge in [0, 0.05) is 16.0 Å². The van der Waals surface area contributed by atoms with Gasteiger partial charge in [-0.2, -0.15) is 4.98 Å². The van der Waals surface area contributed by atoms with Crippen LogP contribution in [0.25, 0.3) is 10.8 Å². The Balaban J connectivity index is 1.53. The van der Waals surface area contributed by atoms with Gasteiger partial charge in [0.25, 0.3) is 5.91 Å². The van der Waals surface area contributed by atoms with E-state index in [4.69, 9.17) is 22.1 Å². The molecule has 4 N–H and O–H groups in total. The number of anilines is 2. The van der Waals surface area contributed by atoms with Crippen molar-refractivity contribution >= 4 is 39.8 Å². The van der Waals surface area contributed by atoms with Crippen LogP contribution in [0.1, 0.15) is 10.4 Å². The molecule has 0 atom stereocenters. The van der Waals surface area contributed by atoms with Crippen LogP contribution in [-0.2, 0) is 0 Å². The average Bonchev–Trinajstić information content (AvgIpc) is 2.75. The highest BCUT2D eigenvalue weighted by atomic mass is 35.5. The number of amides is 1. The molecule has 7 nitrogen and oxygen atoms in total. The van der Waals surface area contributed by atoms with E-state index in [1.807, 2.05) is 42.5 Å². The van der Waals surface area contributed by atoms with Crippen LogP contribution in [0.5, 0.6) is 11.6 Å². The van der Waals surface area contributed by atoms with Crippen LogP contribution in [0, 0.1) is 0 Å². The number of fused-ring (bicyclic) bond motifs is 1. The molecule has 1 heterocycles. The molecule has 1 amide bonds. The highest BCUT2D eigenvalue weighted by molar-refractivity contribution is 6.30. The highest BCUT2D eigenvalue weighted by Crippen LogP contribution is 2.33. The zero-order valence-corrected chi connectivity index (χ0v) is 15.9. The molecule has 0 bridgehead atoms. The number of ether oxygens (including phenoxy) is 1. The topological polar surface area (TPSA) is 102 Å². The molecule has 0 saturated heterocycles. The van der Waals surface area contributed by atoms with E-state index in [1.54, 1.807) is 24.3 Å². The minimum Gasteiger partial charge on any atom is -0.436 e. The van der Waals surface area contributed by atoms with Gasteiger partial charge < -0.3 is 10.5 Å². The summed E-state index contributed by atoms with van der Waals surface area (Å²) in [5.74, 6) is 0.651. The second-order valence-corrected chi connectivity index (χ2v) is 6.54. The van der Waals surface area contributed by atoms with E-state index in [0.29, 0.717) is 16.3 Å². The largest absolute Gasteiger partial charge is 0.436 e. The monoisotopic (exact) mass is 405 g/mol. The number of nitrogen functional groups attached to an aromatic ring is 1. The molecule has 4 aromatic rings. The molecule has 4 rings (SSSR count). The summed E-state index contributed by atoms with van der Waals surface area (Å²) in [6, 6.07) is 20.0. The van der Waals surface area contributed by atoms with Gasteiger partial charge in [0.05, 0.1) is 0 Å². The first-order valence-corrected chi connectivity index (χ1v) is 9.07. The molecule has 0 aliphatic carbocycles. The predicted molar refractivity (Wildman–Crippen MR) is 113 cm³/mol. The lowest BCUT2D eigenvalue weighted by Crippen LogP contribution is -2.30. The molecule has 1 aromatic heterocycles. The number of halogens is 1. The van der Waals surface area contributed by atoms with E-state index in [0.717, 1.165) is 10.8 Å². The van der Waals surface area contributed by atoms with Crippen molar-refractivity contribution in [1.82, 2.24) is 15.4 Å². The summed E-state index contributed by atoms with van der Waals surface area (Å²) in [5, 5.41) is 2.51. The Bertz CT molecular complexity index is 1180. The number of hydrogen-bond donors (Lipinski definition) is 3. The van der Waals surface area contributed by atoms with Gasteiger partial charge >= 0.3 is 0 Å². The normalized spacial score (nSPS) is 10.5. The van der Waals surface area contributed by atoms with Gasteiger partial charge in [-0.3, -0.25) is 15.6 Å². The zero-order valence-electron chi connectivity index (χ0n) is 15.1. The summed E-state index contributed by atoms with van der Waals surface area (Å²) in [5.41, 5.74) is 12.0. The third-order valence-corrected chi connectivity index (χ3v) is 4.46. The molecule has 29 heavy (non-hydrogen) atoms. The van der Waals surface area contributed by atoms with Gasteiger partial charge in [0.2, 0.25) is 5.88 Å². The van der Waals surface area contributed by atoms with Crippen LogP contribution in [0.15, 0.2) is 73.1 Å². The Morgan fingerprint density at radius 2 is 1.72 bits per heavy atom. The maximum Gasteiger partial charge on any atom is 0.269 e. The smallest absolute Gasteiger partial charge is 0.269 e. The maximum absolute atomic E-state index is 12.2. The molecule has 0 radical (unpaired) electrons. The van der Waals surface area contributed by atoms with Gasteiger partial charge in [-0.05, 0) is 35.7 Å². The number of nitrogens with two attached hydrogens (primary N) is 1. The van der Waals surface area contributed by atoms with Crippen molar-refractivity contribution in [3.8, 4) is 11.6 Å². The highest BCUT2D eigenvalue weighted by Gasteiger charge is 2.13. The Morgan fingerprint density at radius 1 is 0.966 bits per heavy atom. The van der Waals surface area contributed by atoms with Crippen molar-refractivity contribution < 1.29 is 9.53 Å². The van der Waals surface area contributed by atoms with Gasteiger partial charge in [0.1, 0.15) is 17.8 Å². The number of carbonyl (C=O) groups excluding carboxylic acids is 1. The van der Waals surface area contributed by atoms with E-state index >= 15 is 0 Å². The second-order valence-electron chi connectivity index (χ2n) is 6.11. The van der Waals surface area contributed by atoms with Crippen molar-refractivity contribution in [1.29, 1.82) is 0 Å². The third kappa shape index (κ3) is 4.04. The zero-order chi connectivity index (χ0) is 20.2. The summed E-state index contributed by atoms with van der Waals surface area (Å²) in [4.78, 5) is 20.4. The van der Waals surface area contributed by atoms with E-state index in [1.165, 1.54) is 6.33 Å². The molecule has 0 aliphatic heterocycles. The third-order valence-electron chi connectivity index (χ3n) is 4.20. The van der Waals surface area contributed by atoms with Crippen molar-refractivity contribution in [2.45, 2.75) is 0 Å². The van der Waals surface area contributed by atoms with Crippen LogP contribution < -0.4 is 21.3 Å².